The molecule has 1 aliphatic rings. The molecule has 0 saturated carbocycles. The van der Waals surface area contributed by atoms with Crippen molar-refractivity contribution in [3.05, 3.63) is 71.8 Å². The van der Waals surface area contributed by atoms with Crippen LogP contribution in [0.2, 0.25) is 0 Å². The van der Waals surface area contributed by atoms with Crippen LogP contribution in [0.5, 0.6) is 0 Å². The van der Waals surface area contributed by atoms with Gasteiger partial charge in [0.15, 0.2) is 0 Å². The molecular formula is C20H19NO3. The van der Waals surface area contributed by atoms with Gasteiger partial charge in [-0.2, -0.15) is 0 Å². The minimum Gasteiger partial charge on any atom is -0.442 e. The van der Waals surface area contributed by atoms with E-state index < -0.39 is 0 Å². The Bertz CT molecular complexity index is 669. The predicted molar refractivity (Wildman–Crippen MR) is 91.4 cm³/mol. The summed E-state index contributed by atoms with van der Waals surface area (Å²) in [6, 6.07) is 19.7. The topological polar surface area (TPSA) is 38.8 Å². The highest BCUT2D eigenvalue weighted by Gasteiger charge is 2.37. The Morgan fingerprint density at radius 1 is 1.12 bits per heavy atom. The van der Waals surface area contributed by atoms with Crippen molar-refractivity contribution in [1.29, 1.82) is 0 Å². The lowest BCUT2D eigenvalue weighted by Gasteiger charge is -2.26. The Morgan fingerprint density at radius 2 is 1.71 bits per heavy atom. The van der Waals surface area contributed by atoms with Crippen molar-refractivity contribution >= 4 is 6.09 Å². The molecule has 2 aromatic rings. The zero-order chi connectivity index (χ0) is 16.8. The molecule has 1 amide bonds. The van der Waals surface area contributed by atoms with Gasteiger partial charge in [0.05, 0.1) is 19.2 Å². The Morgan fingerprint density at radius 3 is 2.25 bits per heavy atom. The summed E-state index contributed by atoms with van der Waals surface area (Å²) in [6.07, 6.45) is 4.54. The second-order valence-corrected chi connectivity index (χ2v) is 5.60. The first-order valence-electron chi connectivity index (χ1n) is 7.88. The molecule has 1 fully saturated rings. The average molecular weight is 321 g/mol. The Labute approximate surface area is 142 Å². The van der Waals surface area contributed by atoms with Crippen LogP contribution < -0.4 is 0 Å². The van der Waals surface area contributed by atoms with Crippen molar-refractivity contribution in [3.63, 3.8) is 0 Å². The minimum absolute atomic E-state index is 0.183. The monoisotopic (exact) mass is 321 g/mol. The summed E-state index contributed by atoms with van der Waals surface area (Å²) >= 11 is 0. The molecule has 1 unspecified atom stereocenters. The number of carbonyl (C=O) groups excluding carboxylic acids is 1. The fraction of sp³-hybridized carbons (Fsp3) is 0.250. The molecular weight excluding hydrogens is 302 g/mol. The molecule has 122 valence electrons. The highest BCUT2D eigenvalue weighted by molar-refractivity contribution is 5.71. The molecule has 4 nitrogen and oxygen atoms in total. The van der Waals surface area contributed by atoms with Gasteiger partial charge < -0.3 is 9.47 Å². The summed E-state index contributed by atoms with van der Waals surface area (Å²) in [7, 11) is 0. The van der Waals surface area contributed by atoms with E-state index >= 15 is 0 Å². The van der Waals surface area contributed by atoms with Crippen LogP contribution in [0.25, 0.3) is 0 Å². The molecule has 24 heavy (non-hydrogen) atoms. The predicted octanol–water partition coefficient (Wildman–Crippen LogP) is 3.25. The van der Waals surface area contributed by atoms with E-state index in [-0.39, 0.29) is 24.8 Å². The van der Waals surface area contributed by atoms with Crippen LogP contribution in [0.4, 0.5) is 4.79 Å². The number of terminal acetylenes is 1. The number of amides is 1. The number of benzene rings is 2. The minimum atomic E-state index is -0.331. The first kappa shape index (κ1) is 16.1. The summed E-state index contributed by atoms with van der Waals surface area (Å²) in [6.45, 7) is 0.995. The van der Waals surface area contributed by atoms with Crippen LogP contribution in [-0.4, -0.2) is 36.9 Å². The van der Waals surface area contributed by atoms with Gasteiger partial charge >= 0.3 is 6.09 Å². The largest absolute Gasteiger partial charge is 0.442 e. The van der Waals surface area contributed by atoms with E-state index in [1.807, 2.05) is 60.7 Å². The second-order valence-electron chi connectivity index (χ2n) is 5.60. The number of hydrogen-bond acceptors (Lipinski definition) is 3. The maximum absolute atomic E-state index is 12.4. The lowest BCUT2D eigenvalue weighted by Crippen LogP contribution is -2.31. The van der Waals surface area contributed by atoms with Gasteiger partial charge in [-0.1, -0.05) is 66.6 Å². The van der Waals surface area contributed by atoms with Gasteiger partial charge in [0.25, 0.3) is 0 Å². The van der Waals surface area contributed by atoms with Crippen LogP contribution in [0, 0.1) is 12.3 Å². The molecule has 2 aromatic carbocycles. The van der Waals surface area contributed by atoms with E-state index in [2.05, 4.69) is 5.92 Å². The molecule has 1 atom stereocenters. The van der Waals surface area contributed by atoms with Crippen molar-refractivity contribution in [2.24, 2.45) is 0 Å². The third-order valence-electron chi connectivity index (χ3n) is 3.93. The first-order chi connectivity index (χ1) is 11.8. The van der Waals surface area contributed by atoms with Crippen molar-refractivity contribution in [2.75, 3.05) is 19.8 Å². The van der Waals surface area contributed by atoms with Gasteiger partial charge in [0.1, 0.15) is 12.7 Å². The van der Waals surface area contributed by atoms with E-state index in [4.69, 9.17) is 15.9 Å². The summed E-state index contributed by atoms with van der Waals surface area (Å²) in [5.74, 6) is 2.41. The third kappa shape index (κ3) is 3.58. The number of nitrogens with zero attached hydrogens (tertiary/aromatic N) is 1. The van der Waals surface area contributed by atoms with Gasteiger partial charge in [-0.3, -0.25) is 4.90 Å². The van der Waals surface area contributed by atoms with E-state index in [1.165, 1.54) is 0 Å². The van der Waals surface area contributed by atoms with Crippen LogP contribution in [0.1, 0.15) is 17.2 Å². The lowest BCUT2D eigenvalue weighted by atomic mass is 9.97. The Kier molecular flexibility index (Phi) is 5.15. The maximum atomic E-state index is 12.4. The standard InChI is InChI=1S/C20H19NO3/c1-2-13-23-15-18-14-21(20(22)24-18)19(16-9-5-3-6-10-16)17-11-7-4-8-12-17/h1,3-12,18-19H,13-15H2. The number of rotatable bonds is 6. The van der Waals surface area contributed by atoms with Gasteiger partial charge in [-0.15, -0.1) is 6.42 Å². The van der Waals surface area contributed by atoms with Crippen molar-refractivity contribution in [1.82, 2.24) is 4.90 Å². The maximum Gasteiger partial charge on any atom is 0.411 e. The van der Waals surface area contributed by atoms with Crippen molar-refractivity contribution in [2.45, 2.75) is 12.1 Å². The van der Waals surface area contributed by atoms with E-state index in [1.54, 1.807) is 4.90 Å². The molecule has 0 aliphatic carbocycles. The zero-order valence-electron chi connectivity index (χ0n) is 13.3. The number of carbonyl (C=O) groups is 1. The van der Waals surface area contributed by atoms with Gasteiger partial charge in [-0.05, 0) is 11.1 Å². The number of cyclic esters (lactones) is 1. The third-order valence-corrected chi connectivity index (χ3v) is 3.93. The van der Waals surface area contributed by atoms with Gasteiger partial charge in [-0.25, -0.2) is 4.79 Å². The van der Waals surface area contributed by atoms with E-state index in [9.17, 15) is 4.79 Å². The SMILES string of the molecule is C#CCOCC1CN(C(c2ccccc2)c2ccccc2)C(=O)O1. The van der Waals surface area contributed by atoms with E-state index in [0.717, 1.165) is 11.1 Å². The lowest BCUT2D eigenvalue weighted by molar-refractivity contribution is 0.0597. The number of hydrogen-bond donors (Lipinski definition) is 0. The first-order valence-corrected chi connectivity index (χ1v) is 7.88. The van der Waals surface area contributed by atoms with Crippen LogP contribution in [0.3, 0.4) is 0 Å². The summed E-state index contributed by atoms with van der Waals surface area (Å²) in [5, 5.41) is 0. The van der Waals surface area contributed by atoms with Crippen LogP contribution in [-0.2, 0) is 9.47 Å². The Hall–Kier alpha value is -2.77. The smallest absolute Gasteiger partial charge is 0.411 e. The zero-order valence-corrected chi connectivity index (χ0v) is 13.3. The summed E-state index contributed by atoms with van der Waals surface area (Å²) in [4.78, 5) is 14.2. The van der Waals surface area contributed by atoms with Gasteiger partial charge in [0.2, 0.25) is 0 Å². The molecule has 1 aliphatic heterocycles. The highest BCUT2D eigenvalue weighted by atomic mass is 16.6. The molecule has 0 aromatic heterocycles. The van der Waals surface area contributed by atoms with E-state index in [0.29, 0.717) is 13.2 Å². The molecule has 0 spiro atoms. The van der Waals surface area contributed by atoms with Crippen LogP contribution in [0.15, 0.2) is 60.7 Å². The molecule has 0 bridgehead atoms. The molecule has 1 saturated heterocycles. The quantitative estimate of drug-likeness (QED) is 0.605. The van der Waals surface area contributed by atoms with Crippen LogP contribution >= 0.6 is 0 Å². The fourth-order valence-electron chi connectivity index (χ4n) is 2.91. The fourth-order valence-corrected chi connectivity index (χ4v) is 2.91. The second kappa shape index (κ2) is 7.67. The summed E-state index contributed by atoms with van der Waals surface area (Å²) < 4.78 is 10.8. The molecule has 0 radical (unpaired) electrons. The summed E-state index contributed by atoms with van der Waals surface area (Å²) in [5.41, 5.74) is 2.09. The Balaban J connectivity index is 1.84. The van der Waals surface area contributed by atoms with Gasteiger partial charge in [0, 0.05) is 0 Å². The average Bonchev–Trinajstić information content (AvgIpc) is 2.98. The highest BCUT2D eigenvalue weighted by Crippen LogP contribution is 2.32. The van der Waals surface area contributed by atoms with Crippen molar-refractivity contribution in [3.8, 4) is 12.3 Å². The molecule has 0 N–H and O–H groups in total. The molecule has 3 rings (SSSR count). The number of ether oxygens (including phenoxy) is 2. The molecule has 4 heteroatoms. The van der Waals surface area contributed by atoms with Crippen molar-refractivity contribution < 1.29 is 14.3 Å². The normalized spacial score (nSPS) is 16.9. The molecule has 1 heterocycles.